The molecule has 0 aliphatic rings. The van der Waals surface area contributed by atoms with E-state index in [0.29, 0.717) is 0 Å². The van der Waals surface area contributed by atoms with Crippen LogP contribution >= 0.6 is 0 Å². The van der Waals surface area contributed by atoms with E-state index < -0.39 is 0 Å². The van der Waals surface area contributed by atoms with Gasteiger partial charge in [0.15, 0.2) is 0 Å². The van der Waals surface area contributed by atoms with Gasteiger partial charge in [0.1, 0.15) is 0 Å². The van der Waals surface area contributed by atoms with Gasteiger partial charge in [0.2, 0.25) is 0 Å². The van der Waals surface area contributed by atoms with Crippen LogP contribution in [0.1, 0.15) is 0 Å². The van der Waals surface area contributed by atoms with Gasteiger partial charge in [0.25, 0.3) is 0 Å². The van der Waals surface area contributed by atoms with Gasteiger partial charge in [-0.15, -0.1) is 57.9 Å². The molecular formula is C26H18Cl2HfO2. The normalized spacial score (nSPS) is 9.81. The van der Waals surface area contributed by atoms with Gasteiger partial charge < -0.3 is 33.6 Å². The van der Waals surface area contributed by atoms with Gasteiger partial charge in [-0.3, -0.25) is 0 Å². The zero-order valence-corrected chi connectivity index (χ0v) is 21.6. The second-order valence-electron chi connectivity index (χ2n) is 6.70. The zero-order chi connectivity index (χ0) is 18.8. The van der Waals surface area contributed by atoms with Gasteiger partial charge in [-0.05, 0) is 12.1 Å². The second kappa shape index (κ2) is 11.3. The van der Waals surface area contributed by atoms with Crippen molar-refractivity contribution in [3.05, 3.63) is 110 Å². The molecule has 2 aromatic heterocycles. The van der Waals surface area contributed by atoms with Crippen LogP contribution in [-0.2, 0) is 25.8 Å². The van der Waals surface area contributed by atoms with E-state index in [9.17, 15) is 0 Å². The number of furan rings is 2. The van der Waals surface area contributed by atoms with Crippen molar-refractivity contribution in [1.29, 1.82) is 0 Å². The van der Waals surface area contributed by atoms with Crippen LogP contribution in [-0.4, -0.2) is 0 Å². The van der Waals surface area contributed by atoms with Crippen molar-refractivity contribution in [2.75, 3.05) is 0 Å². The summed E-state index contributed by atoms with van der Waals surface area (Å²) in [6.07, 6.45) is 3.40. The molecule has 0 radical (unpaired) electrons. The number of fused-ring (bicyclic) bond motifs is 2. The standard InChI is InChI=1S/2C13H9O.2ClH.Hf/c2*1-2-5-11-9-12(8-10(11)4-1)13-6-3-7-14-13;;;/h2*1-9H;2*1H;/q2*-1;;;+4/p-2. The van der Waals surface area contributed by atoms with Gasteiger partial charge in [0, 0.05) is 0 Å². The van der Waals surface area contributed by atoms with Crippen molar-refractivity contribution in [2.24, 2.45) is 0 Å². The molecule has 0 N–H and O–H groups in total. The monoisotopic (exact) mass is 612 g/mol. The van der Waals surface area contributed by atoms with Gasteiger partial charge in [0.05, 0.1) is 24.0 Å². The Kier molecular flexibility index (Phi) is 9.12. The second-order valence-corrected chi connectivity index (χ2v) is 6.70. The summed E-state index contributed by atoms with van der Waals surface area (Å²) >= 11 is 0. The Labute approximate surface area is 212 Å². The minimum absolute atomic E-state index is 0. The summed E-state index contributed by atoms with van der Waals surface area (Å²) < 4.78 is 10.7. The van der Waals surface area contributed by atoms with Gasteiger partial charge in [-0.1, -0.05) is 59.7 Å². The molecule has 0 aliphatic heterocycles. The van der Waals surface area contributed by atoms with Crippen LogP contribution in [0.3, 0.4) is 0 Å². The molecule has 0 atom stereocenters. The minimum atomic E-state index is 0. The van der Waals surface area contributed by atoms with E-state index in [0.717, 1.165) is 22.6 Å². The van der Waals surface area contributed by atoms with E-state index in [-0.39, 0.29) is 50.7 Å². The largest absolute Gasteiger partial charge is 4.00 e. The van der Waals surface area contributed by atoms with Crippen molar-refractivity contribution >= 4 is 21.5 Å². The molecule has 0 unspecified atom stereocenters. The Morgan fingerprint density at radius 1 is 0.516 bits per heavy atom. The molecule has 0 saturated heterocycles. The summed E-state index contributed by atoms with van der Waals surface area (Å²) in [5.74, 6) is 1.86. The third-order valence-electron chi connectivity index (χ3n) is 4.85. The maximum Gasteiger partial charge on any atom is 4.00 e. The van der Waals surface area contributed by atoms with Crippen LogP contribution in [0.4, 0.5) is 0 Å². The summed E-state index contributed by atoms with van der Waals surface area (Å²) in [6.45, 7) is 0. The van der Waals surface area contributed by atoms with Crippen LogP contribution in [0.15, 0.2) is 118 Å². The number of hydrogen-bond donors (Lipinski definition) is 0. The number of benzene rings is 2. The Balaban J connectivity index is 0.000000201. The van der Waals surface area contributed by atoms with Gasteiger partial charge in [-0.25, -0.2) is 0 Å². The smallest absolute Gasteiger partial charge is 1.00 e. The topological polar surface area (TPSA) is 26.3 Å². The molecule has 4 aromatic carbocycles. The summed E-state index contributed by atoms with van der Waals surface area (Å²) in [6, 6.07) is 33.0. The van der Waals surface area contributed by atoms with Gasteiger partial charge in [-0.2, -0.15) is 0 Å². The molecule has 0 aliphatic carbocycles. The molecule has 31 heavy (non-hydrogen) atoms. The Hall–Kier alpha value is -2.33. The fraction of sp³-hybridized carbons (Fsp3) is 0. The van der Waals surface area contributed by atoms with Gasteiger partial charge >= 0.3 is 25.8 Å². The van der Waals surface area contributed by atoms with Crippen LogP contribution in [0, 0.1) is 0 Å². The summed E-state index contributed by atoms with van der Waals surface area (Å²) in [7, 11) is 0. The predicted molar refractivity (Wildman–Crippen MR) is 114 cm³/mol. The average molecular weight is 612 g/mol. The van der Waals surface area contributed by atoms with Crippen molar-refractivity contribution < 1.29 is 59.5 Å². The van der Waals surface area contributed by atoms with Crippen molar-refractivity contribution in [2.45, 2.75) is 0 Å². The molecule has 6 aromatic rings. The average Bonchev–Trinajstić information content (AvgIpc) is 3.54. The van der Waals surface area contributed by atoms with Crippen LogP contribution in [0.25, 0.3) is 44.2 Å². The maximum atomic E-state index is 5.35. The summed E-state index contributed by atoms with van der Waals surface area (Å²) in [5.41, 5.74) is 2.30. The van der Waals surface area contributed by atoms with Crippen molar-refractivity contribution in [3.8, 4) is 22.6 Å². The van der Waals surface area contributed by atoms with E-state index >= 15 is 0 Å². The molecule has 0 amide bonds. The van der Waals surface area contributed by atoms with E-state index in [1.165, 1.54) is 21.5 Å². The quantitative estimate of drug-likeness (QED) is 0.220. The molecule has 0 fully saturated rings. The maximum absolute atomic E-state index is 5.35. The minimum Gasteiger partial charge on any atom is -1.00 e. The number of rotatable bonds is 2. The molecule has 2 nitrogen and oxygen atoms in total. The first-order valence-corrected chi connectivity index (χ1v) is 9.25. The van der Waals surface area contributed by atoms with Crippen LogP contribution in [0.2, 0.25) is 0 Å². The molecule has 0 spiro atoms. The summed E-state index contributed by atoms with van der Waals surface area (Å²) in [4.78, 5) is 0. The fourth-order valence-electron chi connectivity index (χ4n) is 3.47. The summed E-state index contributed by atoms with van der Waals surface area (Å²) in [5, 5.41) is 5.05. The fourth-order valence-corrected chi connectivity index (χ4v) is 3.47. The number of halogens is 2. The van der Waals surface area contributed by atoms with E-state index in [1.54, 1.807) is 12.5 Å². The molecular weight excluding hydrogens is 594 g/mol. The molecule has 0 saturated carbocycles. The number of hydrogen-bond acceptors (Lipinski definition) is 2. The Morgan fingerprint density at radius 2 is 0.935 bits per heavy atom. The van der Waals surface area contributed by atoms with E-state index in [1.807, 2.05) is 48.5 Å². The first-order chi connectivity index (χ1) is 13.9. The molecule has 0 bridgehead atoms. The van der Waals surface area contributed by atoms with Crippen molar-refractivity contribution in [1.82, 2.24) is 0 Å². The SMILES string of the molecule is [Cl-].[Cl-].[Hf+4].c1coc(-c2cc3ccccc3[cH-]2)c1.c1coc(-c2cc3ccccc3[cH-]2)c1. The van der Waals surface area contributed by atoms with Crippen LogP contribution < -0.4 is 24.8 Å². The first-order valence-electron chi connectivity index (χ1n) is 9.25. The molecule has 6 rings (SSSR count). The van der Waals surface area contributed by atoms with E-state index in [4.69, 9.17) is 8.83 Å². The van der Waals surface area contributed by atoms with Crippen LogP contribution in [0.5, 0.6) is 0 Å². The zero-order valence-electron chi connectivity index (χ0n) is 16.5. The molecule has 5 heteroatoms. The Morgan fingerprint density at radius 3 is 1.29 bits per heavy atom. The third kappa shape index (κ3) is 5.48. The first kappa shape index (κ1) is 24.9. The van der Waals surface area contributed by atoms with Crippen molar-refractivity contribution in [3.63, 3.8) is 0 Å². The third-order valence-corrected chi connectivity index (χ3v) is 4.85. The Bertz CT molecular complexity index is 1140. The predicted octanol–water partition coefficient (Wildman–Crippen LogP) is 1.64. The molecule has 2 heterocycles. The molecule has 152 valence electrons. The van der Waals surface area contributed by atoms with E-state index in [2.05, 4.69) is 48.5 Å².